The monoisotopic (exact) mass is 313 g/mol. The third kappa shape index (κ3) is 4.14. The quantitative estimate of drug-likeness (QED) is 0.782. The van der Waals surface area contributed by atoms with Crippen molar-refractivity contribution in [2.75, 3.05) is 5.32 Å². The van der Waals surface area contributed by atoms with Crippen LogP contribution in [-0.4, -0.2) is 0 Å². The van der Waals surface area contributed by atoms with Crippen molar-refractivity contribution in [2.24, 2.45) is 0 Å². The Bertz CT molecular complexity index is 623. The van der Waals surface area contributed by atoms with Crippen molar-refractivity contribution in [3.05, 3.63) is 64.2 Å². The molecule has 0 aliphatic heterocycles. The van der Waals surface area contributed by atoms with Gasteiger partial charge in [0.1, 0.15) is 0 Å². The van der Waals surface area contributed by atoms with Gasteiger partial charge in [-0.1, -0.05) is 42.8 Å². The first kappa shape index (κ1) is 15.7. The normalized spacial score (nSPS) is 11.5. The summed E-state index contributed by atoms with van der Waals surface area (Å²) in [5, 5.41) is 3.07. The van der Waals surface area contributed by atoms with Crippen molar-refractivity contribution in [3.63, 3.8) is 0 Å². The second-order valence-corrected chi connectivity index (χ2v) is 5.14. The maximum absolute atomic E-state index is 12.7. The largest absolute Gasteiger partial charge is 0.416 e. The van der Waals surface area contributed by atoms with E-state index in [1.54, 1.807) is 0 Å². The third-order valence-electron chi connectivity index (χ3n) is 3.21. The summed E-state index contributed by atoms with van der Waals surface area (Å²) in [4.78, 5) is 0. The Morgan fingerprint density at radius 3 is 2.33 bits per heavy atom. The minimum Gasteiger partial charge on any atom is -0.381 e. The minimum atomic E-state index is -4.40. The zero-order valence-electron chi connectivity index (χ0n) is 11.5. The van der Waals surface area contributed by atoms with E-state index in [9.17, 15) is 13.2 Å². The molecule has 0 atom stereocenters. The van der Waals surface area contributed by atoms with Crippen LogP contribution < -0.4 is 5.32 Å². The fourth-order valence-electron chi connectivity index (χ4n) is 2.13. The van der Waals surface area contributed by atoms with Crippen molar-refractivity contribution in [3.8, 4) is 0 Å². The Labute approximate surface area is 126 Å². The number of hydrogen-bond acceptors (Lipinski definition) is 1. The molecular formula is C16H15ClF3N. The van der Waals surface area contributed by atoms with Crippen LogP contribution >= 0.6 is 11.6 Å². The molecule has 0 aromatic heterocycles. The van der Waals surface area contributed by atoms with Gasteiger partial charge in [-0.15, -0.1) is 0 Å². The molecular weight excluding hydrogens is 299 g/mol. The maximum Gasteiger partial charge on any atom is 0.416 e. The van der Waals surface area contributed by atoms with Gasteiger partial charge in [0.15, 0.2) is 0 Å². The van der Waals surface area contributed by atoms with Crippen LogP contribution in [0.3, 0.4) is 0 Å². The molecule has 2 rings (SSSR count). The fraction of sp³-hybridized carbons (Fsp3) is 0.250. The van der Waals surface area contributed by atoms with Crippen LogP contribution in [0.25, 0.3) is 0 Å². The molecule has 0 heterocycles. The lowest BCUT2D eigenvalue weighted by molar-refractivity contribution is -0.137. The minimum absolute atomic E-state index is 0.0658. The average molecular weight is 314 g/mol. The zero-order chi connectivity index (χ0) is 15.5. The number of anilines is 1. The van der Waals surface area contributed by atoms with Gasteiger partial charge in [0, 0.05) is 17.3 Å². The summed E-state index contributed by atoms with van der Waals surface area (Å²) in [5.41, 5.74) is 1.85. The molecule has 0 aliphatic carbocycles. The summed E-state index contributed by atoms with van der Waals surface area (Å²) < 4.78 is 38.2. The number of rotatable bonds is 4. The molecule has 21 heavy (non-hydrogen) atoms. The van der Waals surface area contributed by atoms with E-state index < -0.39 is 11.7 Å². The number of benzene rings is 2. The molecule has 0 saturated carbocycles. The van der Waals surface area contributed by atoms with Crippen molar-refractivity contribution in [1.29, 1.82) is 0 Å². The van der Waals surface area contributed by atoms with Gasteiger partial charge in [-0.2, -0.15) is 13.2 Å². The molecule has 2 aromatic rings. The molecule has 0 bridgehead atoms. The summed E-state index contributed by atoms with van der Waals surface area (Å²) >= 11 is 5.76. The molecule has 2 aromatic carbocycles. The Hall–Kier alpha value is -1.68. The van der Waals surface area contributed by atoms with Gasteiger partial charge < -0.3 is 5.32 Å². The van der Waals surface area contributed by atoms with Crippen molar-refractivity contribution in [1.82, 2.24) is 0 Å². The standard InChI is InChI=1S/C16H15ClF3N/c1-2-11-5-3-4-6-12(11)10-21-15-8-13(16(18,19)20)7-14(17)9-15/h3-9,21H,2,10H2,1H3. The maximum atomic E-state index is 12.7. The van der Waals surface area contributed by atoms with Gasteiger partial charge >= 0.3 is 6.18 Å². The van der Waals surface area contributed by atoms with Crippen LogP contribution in [0.15, 0.2) is 42.5 Å². The predicted octanol–water partition coefficient (Wildman–Crippen LogP) is 5.53. The average Bonchev–Trinajstić information content (AvgIpc) is 2.44. The van der Waals surface area contributed by atoms with Gasteiger partial charge in [0.2, 0.25) is 0 Å². The highest BCUT2D eigenvalue weighted by Crippen LogP contribution is 2.33. The Balaban J connectivity index is 2.19. The summed E-state index contributed by atoms with van der Waals surface area (Å²) in [5.74, 6) is 0. The number of nitrogens with one attached hydrogen (secondary N) is 1. The topological polar surface area (TPSA) is 12.0 Å². The Kier molecular flexibility index (Phi) is 4.78. The Morgan fingerprint density at radius 1 is 1.05 bits per heavy atom. The lowest BCUT2D eigenvalue weighted by atomic mass is 10.1. The van der Waals surface area contributed by atoms with Crippen molar-refractivity contribution >= 4 is 17.3 Å². The predicted molar refractivity (Wildman–Crippen MR) is 79.6 cm³/mol. The SMILES string of the molecule is CCc1ccccc1CNc1cc(Cl)cc(C(F)(F)F)c1. The molecule has 1 nitrogen and oxygen atoms in total. The van der Waals surface area contributed by atoms with Crippen LogP contribution in [-0.2, 0) is 19.1 Å². The van der Waals surface area contributed by atoms with E-state index in [2.05, 4.69) is 5.32 Å². The lowest BCUT2D eigenvalue weighted by Crippen LogP contribution is -2.07. The number of alkyl halides is 3. The van der Waals surface area contributed by atoms with E-state index in [1.165, 1.54) is 11.6 Å². The van der Waals surface area contributed by atoms with Crippen molar-refractivity contribution < 1.29 is 13.2 Å². The van der Waals surface area contributed by atoms with Crippen LogP contribution in [0.4, 0.5) is 18.9 Å². The summed E-state index contributed by atoms with van der Waals surface area (Å²) in [6, 6.07) is 11.3. The third-order valence-corrected chi connectivity index (χ3v) is 3.43. The van der Waals surface area contributed by atoms with E-state index in [1.807, 2.05) is 31.2 Å². The fourth-order valence-corrected chi connectivity index (χ4v) is 2.36. The van der Waals surface area contributed by atoms with Gasteiger partial charge in [-0.3, -0.25) is 0 Å². The second-order valence-electron chi connectivity index (χ2n) is 4.70. The highest BCUT2D eigenvalue weighted by molar-refractivity contribution is 6.30. The van der Waals surface area contributed by atoms with E-state index in [0.717, 1.165) is 24.1 Å². The van der Waals surface area contributed by atoms with Gasteiger partial charge in [0.05, 0.1) is 5.56 Å². The first-order chi connectivity index (χ1) is 9.90. The van der Waals surface area contributed by atoms with Crippen LogP contribution in [0, 0.1) is 0 Å². The van der Waals surface area contributed by atoms with Crippen LogP contribution in [0.5, 0.6) is 0 Å². The molecule has 0 aliphatic rings. The smallest absolute Gasteiger partial charge is 0.381 e. The second kappa shape index (κ2) is 6.39. The molecule has 0 spiro atoms. The highest BCUT2D eigenvalue weighted by atomic mass is 35.5. The molecule has 0 unspecified atom stereocenters. The first-order valence-corrected chi connectivity index (χ1v) is 6.96. The van der Waals surface area contributed by atoms with E-state index in [4.69, 9.17) is 11.6 Å². The summed E-state index contributed by atoms with van der Waals surface area (Å²) in [7, 11) is 0. The van der Waals surface area contributed by atoms with E-state index in [0.29, 0.717) is 12.2 Å². The molecule has 0 radical (unpaired) electrons. The van der Waals surface area contributed by atoms with Crippen LogP contribution in [0.1, 0.15) is 23.6 Å². The number of aryl methyl sites for hydroxylation is 1. The highest BCUT2D eigenvalue weighted by Gasteiger charge is 2.31. The molecule has 0 saturated heterocycles. The first-order valence-electron chi connectivity index (χ1n) is 6.58. The Morgan fingerprint density at radius 2 is 1.71 bits per heavy atom. The number of hydrogen-bond donors (Lipinski definition) is 1. The summed E-state index contributed by atoms with van der Waals surface area (Å²) in [6.07, 6.45) is -3.52. The van der Waals surface area contributed by atoms with Crippen molar-refractivity contribution in [2.45, 2.75) is 26.1 Å². The van der Waals surface area contributed by atoms with E-state index >= 15 is 0 Å². The van der Waals surface area contributed by atoms with Gasteiger partial charge in [0.25, 0.3) is 0 Å². The zero-order valence-corrected chi connectivity index (χ0v) is 12.2. The molecule has 5 heteroatoms. The molecule has 0 amide bonds. The molecule has 112 valence electrons. The lowest BCUT2D eigenvalue weighted by Gasteiger charge is -2.13. The van der Waals surface area contributed by atoms with Gasteiger partial charge in [-0.25, -0.2) is 0 Å². The molecule has 1 N–H and O–H groups in total. The van der Waals surface area contributed by atoms with Crippen LogP contribution in [0.2, 0.25) is 5.02 Å². The van der Waals surface area contributed by atoms with E-state index in [-0.39, 0.29) is 5.02 Å². The van der Waals surface area contributed by atoms with Gasteiger partial charge in [-0.05, 0) is 35.7 Å². The number of halogens is 4. The summed E-state index contributed by atoms with van der Waals surface area (Å²) in [6.45, 7) is 2.50. The molecule has 0 fully saturated rings.